The van der Waals surface area contributed by atoms with E-state index < -0.39 is 17.8 Å². The number of carbonyl (C=O) groups excluding carboxylic acids is 2. The lowest BCUT2D eigenvalue weighted by Crippen LogP contribution is -2.49. The van der Waals surface area contributed by atoms with Gasteiger partial charge in [-0.15, -0.1) is 0 Å². The first-order valence-electron chi connectivity index (χ1n) is 9.31. The lowest BCUT2D eigenvalue weighted by Gasteiger charge is -2.26. The van der Waals surface area contributed by atoms with E-state index in [9.17, 15) is 14.0 Å². The maximum Gasteiger partial charge on any atom is 0.322 e. The van der Waals surface area contributed by atoms with Crippen LogP contribution in [0.1, 0.15) is 31.7 Å². The number of hydrogen-bond acceptors (Lipinski definition) is 2. The number of hydrogen-bond donors (Lipinski definition) is 2. The number of halogens is 1. The van der Waals surface area contributed by atoms with E-state index in [0.29, 0.717) is 13.0 Å². The minimum atomic E-state index is -0.743. The second-order valence-corrected chi connectivity index (χ2v) is 6.62. The number of fused-ring (bicyclic) bond motifs is 1. The lowest BCUT2D eigenvalue weighted by molar-refractivity contribution is -0.118. The molecule has 2 N–H and O–H groups in total. The number of nitrogens with zero attached hydrogens (tertiary/aromatic N) is 1. The zero-order chi connectivity index (χ0) is 19.2. The standard InChI is InChI=1S/C21H24FN3O2/c1-2-17(20(26)23-18-12-5-4-11-16(18)22)24-21(27)25-14-8-7-10-15-9-3-6-13-19(15)25/h3-6,9,11-13,17H,2,7-8,10,14H2,1H3,(H,23,26)(H,24,27). The average molecular weight is 369 g/mol. The van der Waals surface area contributed by atoms with Gasteiger partial charge in [0, 0.05) is 12.2 Å². The van der Waals surface area contributed by atoms with Gasteiger partial charge < -0.3 is 10.6 Å². The predicted molar refractivity (Wildman–Crippen MR) is 104 cm³/mol. The molecule has 1 heterocycles. The van der Waals surface area contributed by atoms with E-state index in [2.05, 4.69) is 10.6 Å². The average Bonchev–Trinajstić information content (AvgIpc) is 2.90. The summed E-state index contributed by atoms with van der Waals surface area (Å²) in [6.45, 7) is 2.41. The summed E-state index contributed by atoms with van der Waals surface area (Å²) in [5.74, 6) is -0.937. The molecule has 5 nitrogen and oxygen atoms in total. The largest absolute Gasteiger partial charge is 0.326 e. The van der Waals surface area contributed by atoms with Gasteiger partial charge in [-0.05, 0) is 49.4 Å². The molecule has 0 spiro atoms. The van der Waals surface area contributed by atoms with E-state index in [0.717, 1.165) is 30.5 Å². The third kappa shape index (κ3) is 4.45. The molecule has 1 aliphatic heterocycles. The fraction of sp³-hybridized carbons (Fsp3) is 0.333. The monoisotopic (exact) mass is 369 g/mol. The summed E-state index contributed by atoms with van der Waals surface area (Å²) in [5.41, 5.74) is 2.13. The number of nitrogens with one attached hydrogen (secondary N) is 2. The Morgan fingerprint density at radius 3 is 2.63 bits per heavy atom. The van der Waals surface area contributed by atoms with Gasteiger partial charge in [0.1, 0.15) is 11.9 Å². The molecule has 0 aliphatic carbocycles. The van der Waals surface area contributed by atoms with E-state index in [1.165, 1.54) is 12.1 Å². The van der Waals surface area contributed by atoms with E-state index in [-0.39, 0.29) is 11.7 Å². The number of aryl methyl sites for hydroxylation is 1. The van der Waals surface area contributed by atoms with Crippen molar-refractivity contribution in [3.05, 3.63) is 59.9 Å². The quantitative estimate of drug-likeness (QED) is 0.852. The van der Waals surface area contributed by atoms with Crippen LogP contribution in [0.2, 0.25) is 0 Å². The summed E-state index contributed by atoms with van der Waals surface area (Å²) < 4.78 is 13.8. The van der Waals surface area contributed by atoms with Crippen molar-refractivity contribution in [2.45, 2.75) is 38.6 Å². The number of amides is 3. The van der Waals surface area contributed by atoms with Gasteiger partial charge in [-0.2, -0.15) is 0 Å². The Morgan fingerprint density at radius 1 is 1.11 bits per heavy atom. The Labute approximate surface area is 158 Å². The Balaban J connectivity index is 1.71. The molecule has 0 bridgehead atoms. The summed E-state index contributed by atoms with van der Waals surface area (Å²) in [5, 5.41) is 5.35. The van der Waals surface area contributed by atoms with E-state index in [1.807, 2.05) is 31.2 Å². The first kappa shape index (κ1) is 18.9. The second kappa shape index (κ2) is 8.66. The number of carbonyl (C=O) groups is 2. The molecular formula is C21H24FN3O2. The van der Waals surface area contributed by atoms with Gasteiger partial charge in [-0.3, -0.25) is 9.69 Å². The molecule has 2 aromatic carbocycles. The van der Waals surface area contributed by atoms with Crippen molar-refractivity contribution < 1.29 is 14.0 Å². The molecule has 3 amide bonds. The molecule has 2 aromatic rings. The number of para-hydroxylation sites is 2. The summed E-state index contributed by atoms with van der Waals surface area (Å²) >= 11 is 0. The maximum absolute atomic E-state index is 13.8. The van der Waals surface area contributed by atoms with Crippen molar-refractivity contribution in [1.29, 1.82) is 0 Å². The highest BCUT2D eigenvalue weighted by Gasteiger charge is 2.25. The maximum atomic E-state index is 13.8. The molecule has 1 unspecified atom stereocenters. The molecule has 1 atom stereocenters. The van der Waals surface area contributed by atoms with Crippen LogP contribution in [0.5, 0.6) is 0 Å². The second-order valence-electron chi connectivity index (χ2n) is 6.62. The summed E-state index contributed by atoms with van der Waals surface area (Å²) in [4.78, 5) is 27.1. The molecular weight excluding hydrogens is 345 g/mol. The first-order chi connectivity index (χ1) is 13.1. The summed E-state index contributed by atoms with van der Waals surface area (Å²) in [7, 11) is 0. The van der Waals surface area contributed by atoms with Crippen molar-refractivity contribution >= 4 is 23.3 Å². The van der Waals surface area contributed by atoms with Crippen LogP contribution in [0, 0.1) is 5.82 Å². The van der Waals surface area contributed by atoms with E-state index >= 15 is 0 Å². The van der Waals surface area contributed by atoms with Crippen LogP contribution in [0.15, 0.2) is 48.5 Å². The van der Waals surface area contributed by atoms with Gasteiger partial charge in [-0.25, -0.2) is 9.18 Å². The van der Waals surface area contributed by atoms with Gasteiger partial charge in [0.15, 0.2) is 0 Å². The molecule has 0 saturated heterocycles. The van der Waals surface area contributed by atoms with Gasteiger partial charge in [0.25, 0.3) is 0 Å². The van der Waals surface area contributed by atoms with Gasteiger partial charge in [-0.1, -0.05) is 37.3 Å². The number of anilines is 2. The molecule has 1 aliphatic rings. The summed E-state index contributed by atoms with van der Waals surface area (Å²) in [6.07, 6.45) is 3.26. The van der Waals surface area contributed by atoms with Gasteiger partial charge >= 0.3 is 6.03 Å². The fourth-order valence-electron chi connectivity index (χ4n) is 3.26. The van der Waals surface area contributed by atoms with Crippen LogP contribution in [0.25, 0.3) is 0 Å². The van der Waals surface area contributed by atoms with Gasteiger partial charge in [0.2, 0.25) is 5.91 Å². The van der Waals surface area contributed by atoms with Crippen molar-refractivity contribution in [3.63, 3.8) is 0 Å². The molecule has 6 heteroatoms. The molecule has 0 saturated carbocycles. The van der Waals surface area contributed by atoms with E-state index in [4.69, 9.17) is 0 Å². The van der Waals surface area contributed by atoms with Crippen molar-refractivity contribution in [1.82, 2.24) is 5.32 Å². The smallest absolute Gasteiger partial charge is 0.322 e. The predicted octanol–water partition coefficient (Wildman–Crippen LogP) is 4.10. The van der Waals surface area contributed by atoms with Crippen molar-refractivity contribution in [2.75, 3.05) is 16.8 Å². The van der Waals surface area contributed by atoms with Crippen LogP contribution in [-0.4, -0.2) is 24.5 Å². The third-order valence-electron chi connectivity index (χ3n) is 4.76. The summed E-state index contributed by atoms with van der Waals surface area (Å²) in [6, 6.07) is 12.8. The topological polar surface area (TPSA) is 61.4 Å². The molecule has 27 heavy (non-hydrogen) atoms. The molecule has 0 radical (unpaired) electrons. The fourth-order valence-corrected chi connectivity index (χ4v) is 3.26. The van der Waals surface area contributed by atoms with Crippen LogP contribution < -0.4 is 15.5 Å². The minimum Gasteiger partial charge on any atom is -0.326 e. The van der Waals surface area contributed by atoms with Crippen LogP contribution in [0.4, 0.5) is 20.6 Å². The highest BCUT2D eigenvalue weighted by Crippen LogP contribution is 2.26. The highest BCUT2D eigenvalue weighted by atomic mass is 19.1. The lowest BCUT2D eigenvalue weighted by atomic mass is 10.1. The number of urea groups is 1. The molecule has 142 valence electrons. The van der Waals surface area contributed by atoms with Crippen LogP contribution in [-0.2, 0) is 11.2 Å². The first-order valence-corrected chi connectivity index (χ1v) is 9.31. The number of rotatable bonds is 4. The molecule has 0 fully saturated rings. The highest BCUT2D eigenvalue weighted by molar-refractivity contribution is 6.00. The zero-order valence-corrected chi connectivity index (χ0v) is 15.4. The Hall–Kier alpha value is -2.89. The zero-order valence-electron chi connectivity index (χ0n) is 15.4. The Kier molecular flexibility index (Phi) is 6.06. The molecule has 3 rings (SSSR count). The van der Waals surface area contributed by atoms with Crippen LogP contribution >= 0.6 is 0 Å². The van der Waals surface area contributed by atoms with Crippen molar-refractivity contribution in [2.24, 2.45) is 0 Å². The Bertz CT molecular complexity index is 825. The normalized spacial score (nSPS) is 14.7. The SMILES string of the molecule is CCC(NC(=O)N1CCCCc2ccccc21)C(=O)Nc1ccccc1F. The third-order valence-corrected chi connectivity index (χ3v) is 4.76. The Morgan fingerprint density at radius 2 is 1.85 bits per heavy atom. The van der Waals surface area contributed by atoms with Gasteiger partial charge in [0.05, 0.1) is 5.69 Å². The molecule has 0 aromatic heterocycles. The number of benzene rings is 2. The van der Waals surface area contributed by atoms with Crippen LogP contribution in [0.3, 0.4) is 0 Å². The van der Waals surface area contributed by atoms with E-state index in [1.54, 1.807) is 17.0 Å². The minimum absolute atomic E-state index is 0.107. The van der Waals surface area contributed by atoms with Crippen molar-refractivity contribution in [3.8, 4) is 0 Å².